The van der Waals surface area contributed by atoms with E-state index in [1.807, 2.05) is 24.3 Å². The number of aliphatic hydroxyl groups is 1. The maximum atomic E-state index is 11.4. The maximum Gasteiger partial charge on any atom is 0.309 e. The van der Waals surface area contributed by atoms with Crippen LogP contribution in [0, 0.1) is 11.8 Å². The van der Waals surface area contributed by atoms with Crippen LogP contribution >= 0.6 is 0 Å². The predicted octanol–water partition coefficient (Wildman–Crippen LogP) is 3.24. The number of aliphatic carboxylic acids is 1. The molecule has 0 saturated carbocycles. The normalized spacial score (nSPS) is 14.1. The van der Waals surface area contributed by atoms with E-state index in [9.17, 15) is 15.0 Å². The minimum atomic E-state index is -1.06. The third-order valence-corrected chi connectivity index (χ3v) is 3.80. The summed E-state index contributed by atoms with van der Waals surface area (Å²) in [6, 6.07) is 11.0. The monoisotopic (exact) mass is 288 g/mol. The van der Waals surface area contributed by atoms with Crippen molar-refractivity contribution in [2.24, 2.45) is 11.8 Å². The molecule has 4 heteroatoms. The first kappa shape index (κ1) is 15.3. The molecule has 2 rings (SSSR count). The second-order valence-corrected chi connectivity index (χ2v) is 5.46. The molecule has 0 saturated heterocycles. The van der Waals surface area contributed by atoms with Gasteiger partial charge in [-0.1, -0.05) is 44.2 Å². The van der Waals surface area contributed by atoms with Crippen molar-refractivity contribution < 1.29 is 19.7 Å². The molecule has 0 fully saturated rings. The Labute approximate surface area is 124 Å². The number of aliphatic hydroxyl groups excluding tert-OH is 1. The van der Waals surface area contributed by atoms with Gasteiger partial charge in [0, 0.05) is 5.39 Å². The summed E-state index contributed by atoms with van der Waals surface area (Å²) in [5.41, 5.74) is 0.618. The topological polar surface area (TPSA) is 66.8 Å². The highest BCUT2D eigenvalue weighted by molar-refractivity contribution is 5.91. The van der Waals surface area contributed by atoms with Gasteiger partial charge in [0.1, 0.15) is 5.75 Å². The van der Waals surface area contributed by atoms with Crippen LogP contribution in [0.3, 0.4) is 0 Å². The standard InChI is InChI=1S/C17H20O4/c1-10(2)15(17(19)20)16(18)13-8-9-14(21-3)12-7-5-4-6-11(12)13/h4-10,15-16,18H,1-3H3,(H,19,20). The van der Waals surface area contributed by atoms with E-state index >= 15 is 0 Å². The molecule has 4 nitrogen and oxygen atoms in total. The predicted molar refractivity (Wildman–Crippen MR) is 81.4 cm³/mol. The largest absolute Gasteiger partial charge is 0.496 e. The summed E-state index contributed by atoms with van der Waals surface area (Å²) in [5, 5.41) is 21.6. The summed E-state index contributed by atoms with van der Waals surface area (Å²) in [5.74, 6) is -1.30. The number of hydrogen-bond donors (Lipinski definition) is 2. The van der Waals surface area contributed by atoms with Crippen molar-refractivity contribution >= 4 is 16.7 Å². The highest BCUT2D eigenvalue weighted by Gasteiger charge is 2.31. The number of carbonyl (C=O) groups is 1. The second-order valence-electron chi connectivity index (χ2n) is 5.46. The first-order chi connectivity index (χ1) is 9.97. The van der Waals surface area contributed by atoms with Crippen LogP contribution < -0.4 is 4.74 Å². The summed E-state index contributed by atoms with van der Waals surface area (Å²) >= 11 is 0. The van der Waals surface area contributed by atoms with Gasteiger partial charge in [0.25, 0.3) is 0 Å². The molecule has 0 amide bonds. The highest BCUT2D eigenvalue weighted by Crippen LogP contribution is 2.36. The number of methoxy groups -OCH3 is 1. The molecule has 0 heterocycles. The molecule has 112 valence electrons. The molecule has 0 bridgehead atoms. The van der Waals surface area contributed by atoms with Gasteiger partial charge in [0.2, 0.25) is 0 Å². The van der Waals surface area contributed by atoms with Gasteiger partial charge >= 0.3 is 5.97 Å². The third kappa shape index (κ3) is 2.85. The molecule has 2 N–H and O–H groups in total. The van der Waals surface area contributed by atoms with E-state index in [0.29, 0.717) is 11.3 Å². The van der Waals surface area contributed by atoms with Crippen molar-refractivity contribution in [3.63, 3.8) is 0 Å². The zero-order valence-corrected chi connectivity index (χ0v) is 12.4. The van der Waals surface area contributed by atoms with E-state index < -0.39 is 18.0 Å². The van der Waals surface area contributed by atoms with Crippen LogP contribution in [-0.2, 0) is 4.79 Å². The smallest absolute Gasteiger partial charge is 0.309 e. The summed E-state index contributed by atoms with van der Waals surface area (Å²) in [6.07, 6.45) is -1.06. The fourth-order valence-corrected chi connectivity index (χ4v) is 2.71. The van der Waals surface area contributed by atoms with Crippen LogP contribution in [0.1, 0.15) is 25.5 Å². The van der Waals surface area contributed by atoms with Crippen molar-refractivity contribution in [3.8, 4) is 5.75 Å². The number of carboxylic acids is 1. The van der Waals surface area contributed by atoms with E-state index in [1.54, 1.807) is 33.1 Å². The van der Waals surface area contributed by atoms with Crippen LogP contribution in [0.2, 0.25) is 0 Å². The average Bonchev–Trinajstić information content (AvgIpc) is 2.45. The Morgan fingerprint density at radius 1 is 1.10 bits per heavy atom. The van der Waals surface area contributed by atoms with Crippen LogP contribution in [-0.4, -0.2) is 23.3 Å². The third-order valence-electron chi connectivity index (χ3n) is 3.80. The van der Waals surface area contributed by atoms with Crippen LogP contribution in [0.4, 0.5) is 0 Å². The molecule has 0 aliphatic carbocycles. The van der Waals surface area contributed by atoms with E-state index in [2.05, 4.69) is 0 Å². The minimum Gasteiger partial charge on any atom is -0.496 e. The van der Waals surface area contributed by atoms with Crippen molar-refractivity contribution in [3.05, 3.63) is 42.0 Å². The van der Waals surface area contributed by atoms with Gasteiger partial charge < -0.3 is 14.9 Å². The van der Waals surface area contributed by atoms with Crippen LogP contribution in [0.25, 0.3) is 10.8 Å². The molecule has 2 unspecified atom stereocenters. The average molecular weight is 288 g/mol. The van der Waals surface area contributed by atoms with E-state index in [-0.39, 0.29) is 5.92 Å². The quantitative estimate of drug-likeness (QED) is 0.886. The number of fused-ring (bicyclic) bond motifs is 1. The number of benzene rings is 2. The minimum absolute atomic E-state index is 0.168. The lowest BCUT2D eigenvalue weighted by atomic mass is 9.85. The van der Waals surface area contributed by atoms with Crippen molar-refractivity contribution in [1.82, 2.24) is 0 Å². The Hall–Kier alpha value is -2.07. The van der Waals surface area contributed by atoms with Gasteiger partial charge in [0.15, 0.2) is 0 Å². The van der Waals surface area contributed by atoms with Gasteiger partial charge in [-0.2, -0.15) is 0 Å². The van der Waals surface area contributed by atoms with Gasteiger partial charge in [0.05, 0.1) is 19.1 Å². The fourth-order valence-electron chi connectivity index (χ4n) is 2.71. The molecule has 2 aromatic rings. The van der Waals surface area contributed by atoms with Crippen molar-refractivity contribution in [1.29, 1.82) is 0 Å². The van der Waals surface area contributed by atoms with E-state index in [1.165, 1.54) is 0 Å². The van der Waals surface area contributed by atoms with Crippen LogP contribution in [0.15, 0.2) is 36.4 Å². The lowest BCUT2D eigenvalue weighted by molar-refractivity contribution is -0.148. The summed E-state index contributed by atoms with van der Waals surface area (Å²) in [6.45, 7) is 3.60. The Bertz CT molecular complexity index is 648. The molecular weight excluding hydrogens is 268 g/mol. The lowest BCUT2D eigenvalue weighted by Gasteiger charge is -2.24. The maximum absolute atomic E-state index is 11.4. The second kappa shape index (κ2) is 6.14. The first-order valence-electron chi connectivity index (χ1n) is 6.94. The van der Waals surface area contributed by atoms with Gasteiger partial charge in [-0.15, -0.1) is 0 Å². The molecule has 0 radical (unpaired) electrons. The van der Waals surface area contributed by atoms with Crippen molar-refractivity contribution in [2.75, 3.05) is 7.11 Å². The van der Waals surface area contributed by atoms with Crippen LogP contribution in [0.5, 0.6) is 5.75 Å². The molecule has 2 atom stereocenters. The number of carboxylic acid groups (broad SMARTS) is 1. The van der Waals surface area contributed by atoms with E-state index in [0.717, 1.165) is 10.8 Å². The zero-order valence-electron chi connectivity index (χ0n) is 12.4. The Morgan fingerprint density at radius 3 is 2.24 bits per heavy atom. The molecular formula is C17H20O4. The van der Waals surface area contributed by atoms with E-state index in [4.69, 9.17) is 4.74 Å². The molecule has 0 aliphatic rings. The SMILES string of the molecule is COc1ccc(C(O)C(C(=O)O)C(C)C)c2ccccc12. The summed E-state index contributed by atoms with van der Waals surface area (Å²) in [4.78, 5) is 11.4. The Morgan fingerprint density at radius 2 is 1.71 bits per heavy atom. The Kier molecular flexibility index (Phi) is 4.48. The summed E-state index contributed by atoms with van der Waals surface area (Å²) < 4.78 is 5.32. The molecule has 2 aromatic carbocycles. The van der Waals surface area contributed by atoms with Gasteiger partial charge in [-0.3, -0.25) is 4.79 Å². The molecule has 21 heavy (non-hydrogen) atoms. The summed E-state index contributed by atoms with van der Waals surface area (Å²) in [7, 11) is 1.59. The zero-order chi connectivity index (χ0) is 15.6. The number of rotatable bonds is 5. The van der Waals surface area contributed by atoms with Gasteiger partial charge in [-0.05, 0) is 22.9 Å². The van der Waals surface area contributed by atoms with Crippen molar-refractivity contribution in [2.45, 2.75) is 20.0 Å². The molecule has 0 aromatic heterocycles. The molecule has 0 spiro atoms. The number of hydrogen-bond acceptors (Lipinski definition) is 3. The molecule has 0 aliphatic heterocycles. The highest BCUT2D eigenvalue weighted by atomic mass is 16.5. The fraction of sp³-hybridized carbons (Fsp3) is 0.353. The lowest BCUT2D eigenvalue weighted by Crippen LogP contribution is -2.27. The first-order valence-corrected chi connectivity index (χ1v) is 6.94. The van der Waals surface area contributed by atoms with Gasteiger partial charge in [-0.25, -0.2) is 0 Å². The Balaban J connectivity index is 2.59. The number of ether oxygens (including phenoxy) is 1.